The number of hydrogen-bond donors (Lipinski definition) is 0. The summed E-state index contributed by atoms with van der Waals surface area (Å²) in [5, 5.41) is 0.182. The number of carbonyl (C=O) groups excluding carboxylic acids is 3. The number of amides is 2. The molecule has 0 radical (unpaired) electrons. The summed E-state index contributed by atoms with van der Waals surface area (Å²) in [6.07, 6.45) is 0.478. The van der Waals surface area contributed by atoms with E-state index >= 15 is 0 Å². The zero-order valence-electron chi connectivity index (χ0n) is 15.4. The zero-order valence-corrected chi connectivity index (χ0v) is 19.9. The first kappa shape index (κ1) is 22.3. The number of alkyl halides is 4. The number of carbonyl (C=O) groups is 3. The number of likely N-dealkylation sites (tertiary alicyclic amines) is 1. The van der Waals surface area contributed by atoms with Gasteiger partial charge in [-0.3, -0.25) is 19.3 Å². The Morgan fingerprint density at radius 3 is 2.21 bits per heavy atom. The summed E-state index contributed by atoms with van der Waals surface area (Å²) in [6, 6.07) is 0. The molecule has 160 valence electrons. The van der Waals surface area contributed by atoms with Crippen molar-refractivity contribution in [2.45, 2.75) is 40.8 Å². The minimum Gasteiger partial charge on any atom is -0.464 e. The Hall–Kier alpha value is 0.0900. The number of esters is 1. The molecule has 1 aliphatic heterocycles. The molecular formula is C18H17Cl6NO4. The molecule has 0 N–H and O–H groups in total. The molecule has 5 nitrogen and oxygen atoms in total. The number of rotatable bonds is 3. The van der Waals surface area contributed by atoms with E-state index in [1.54, 1.807) is 6.92 Å². The standard InChI is InChI=1S/C18H17Cl6NO4/c1-7(26)29-4-3-25-13(27)9-5-8-10(6-15(9,2)14(25)28)17(22)12(20)11(19)16(8,21)18(17,23)24/h8-10H,3-6H2,1-2H3/t8-,9+,10+,15+,16-,17-/m1/s1. The van der Waals surface area contributed by atoms with Crippen LogP contribution < -0.4 is 0 Å². The fraction of sp³-hybridized carbons (Fsp3) is 0.722. The highest BCUT2D eigenvalue weighted by atomic mass is 35.5. The van der Waals surface area contributed by atoms with Gasteiger partial charge in [0, 0.05) is 6.92 Å². The second-order valence-electron chi connectivity index (χ2n) is 8.38. The van der Waals surface area contributed by atoms with Gasteiger partial charge in [-0.1, -0.05) is 46.4 Å². The molecule has 11 heteroatoms. The molecule has 0 unspecified atom stereocenters. The molecular weight excluding hydrogens is 507 g/mol. The van der Waals surface area contributed by atoms with Crippen molar-refractivity contribution in [2.75, 3.05) is 13.2 Å². The van der Waals surface area contributed by atoms with E-state index in [2.05, 4.69) is 0 Å². The predicted molar refractivity (Wildman–Crippen MR) is 112 cm³/mol. The van der Waals surface area contributed by atoms with Crippen molar-refractivity contribution in [1.29, 1.82) is 0 Å². The van der Waals surface area contributed by atoms with E-state index in [1.807, 2.05) is 0 Å². The molecule has 4 rings (SSSR count). The average Bonchev–Trinajstić information content (AvgIpc) is 2.95. The Morgan fingerprint density at radius 1 is 1.10 bits per heavy atom. The summed E-state index contributed by atoms with van der Waals surface area (Å²) >= 11 is 39.9. The number of fused-ring (bicyclic) bond motifs is 6. The second-order valence-corrected chi connectivity index (χ2v) is 11.7. The molecule has 0 aromatic rings. The Balaban J connectivity index is 1.70. The van der Waals surface area contributed by atoms with Crippen molar-refractivity contribution < 1.29 is 19.1 Å². The van der Waals surface area contributed by atoms with Gasteiger partial charge >= 0.3 is 5.97 Å². The van der Waals surface area contributed by atoms with E-state index in [0.29, 0.717) is 0 Å². The van der Waals surface area contributed by atoms with Crippen molar-refractivity contribution in [3.8, 4) is 0 Å². The monoisotopic (exact) mass is 521 g/mol. The van der Waals surface area contributed by atoms with Crippen LogP contribution in [-0.2, 0) is 19.1 Å². The average molecular weight is 524 g/mol. The lowest BCUT2D eigenvalue weighted by Crippen LogP contribution is -2.49. The topological polar surface area (TPSA) is 63.7 Å². The molecule has 3 aliphatic carbocycles. The highest BCUT2D eigenvalue weighted by molar-refractivity contribution is 6.65. The van der Waals surface area contributed by atoms with E-state index in [9.17, 15) is 14.4 Å². The third kappa shape index (κ3) is 2.41. The summed E-state index contributed by atoms with van der Waals surface area (Å²) in [6.45, 7) is 2.92. The van der Waals surface area contributed by atoms with Gasteiger partial charge in [-0.05, 0) is 31.6 Å². The van der Waals surface area contributed by atoms with Gasteiger partial charge in [0.2, 0.25) is 11.8 Å². The van der Waals surface area contributed by atoms with Crippen molar-refractivity contribution in [3.05, 3.63) is 10.1 Å². The van der Waals surface area contributed by atoms with Gasteiger partial charge in [-0.15, -0.1) is 23.2 Å². The summed E-state index contributed by atoms with van der Waals surface area (Å²) in [5.74, 6) is -2.67. The molecule has 1 saturated heterocycles. The third-order valence-corrected chi connectivity index (χ3v) is 11.4. The van der Waals surface area contributed by atoms with E-state index in [4.69, 9.17) is 74.3 Å². The smallest absolute Gasteiger partial charge is 0.302 e. The first-order chi connectivity index (χ1) is 13.3. The fourth-order valence-electron chi connectivity index (χ4n) is 5.63. The van der Waals surface area contributed by atoms with E-state index < -0.39 is 43.2 Å². The van der Waals surface area contributed by atoms with Crippen LogP contribution in [0.4, 0.5) is 0 Å². The largest absolute Gasteiger partial charge is 0.464 e. The molecule has 0 aromatic heterocycles. The Bertz CT molecular complexity index is 876. The van der Waals surface area contributed by atoms with E-state index in [0.717, 1.165) is 4.90 Å². The summed E-state index contributed by atoms with van der Waals surface area (Å²) in [7, 11) is 0. The van der Waals surface area contributed by atoms with Gasteiger partial charge in [-0.2, -0.15) is 0 Å². The number of nitrogens with zero attached hydrogens (tertiary/aromatic N) is 1. The first-order valence-corrected chi connectivity index (χ1v) is 11.3. The lowest BCUT2D eigenvalue weighted by molar-refractivity contribution is -0.147. The van der Waals surface area contributed by atoms with Crippen molar-refractivity contribution >= 4 is 87.4 Å². The van der Waals surface area contributed by atoms with Crippen molar-refractivity contribution in [3.63, 3.8) is 0 Å². The maximum Gasteiger partial charge on any atom is 0.302 e. The Kier molecular flexibility index (Phi) is 5.04. The zero-order chi connectivity index (χ0) is 21.7. The van der Waals surface area contributed by atoms with Gasteiger partial charge in [0.15, 0.2) is 4.33 Å². The van der Waals surface area contributed by atoms with Crippen LogP contribution in [0.2, 0.25) is 0 Å². The normalized spacial score (nSPS) is 45.0. The molecule has 2 saturated carbocycles. The maximum absolute atomic E-state index is 13.2. The molecule has 3 fully saturated rings. The van der Waals surface area contributed by atoms with Crippen LogP contribution in [0.15, 0.2) is 10.1 Å². The Morgan fingerprint density at radius 2 is 1.66 bits per heavy atom. The summed E-state index contributed by atoms with van der Waals surface area (Å²) in [5.41, 5.74) is -1.01. The summed E-state index contributed by atoms with van der Waals surface area (Å²) in [4.78, 5) is 35.5. The van der Waals surface area contributed by atoms with Gasteiger partial charge in [0.05, 0.1) is 27.9 Å². The molecule has 2 amide bonds. The third-order valence-electron chi connectivity index (χ3n) is 7.07. The molecule has 29 heavy (non-hydrogen) atoms. The van der Waals surface area contributed by atoms with Crippen LogP contribution in [0.5, 0.6) is 0 Å². The molecule has 1 heterocycles. The molecule has 2 bridgehead atoms. The number of allylic oxidation sites excluding steroid dienone is 2. The highest BCUT2D eigenvalue weighted by Crippen LogP contribution is 2.79. The van der Waals surface area contributed by atoms with Gasteiger partial charge < -0.3 is 4.74 Å². The van der Waals surface area contributed by atoms with Gasteiger partial charge in [-0.25, -0.2) is 0 Å². The van der Waals surface area contributed by atoms with E-state index in [1.165, 1.54) is 6.92 Å². The molecule has 0 spiro atoms. The number of hydrogen-bond acceptors (Lipinski definition) is 4. The van der Waals surface area contributed by atoms with Crippen LogP contribution in [0.3, 0.4) is 0 Å². The lowest BCUT2D eigenvalue weighted by Gasteiger charge is -2.46. The highest BCUT2D eigenvalue weighted by Gasteiger charge is 2.84. The first-order valence-electron chi connectivity index (χ1n) is 9.07. The summed E-state index contributed by atoms with van der Waals surface area (Å²) < 4.78 is 3.20. The van der Waals surface area contributed by atoms with Crippen LogP contribution in [0, 0.1) is 23.2 Å². The minimum atomic E-state index is -1.69. The quantitative estimate of drug-likeness (QED) is 0.312. The molecule has 6 atom stereocenters. The minimum absolute atomic E-state index is 0.00851. The fourth-order valence-corrected chi connectivity index (χ4v) is 8.72. The number of halogens is 6. The van der Waals surface area contributed by atoms with E-state index in [-0.39, 0.29) is 47.9 Å². The maximum atomic E-state index is 13.2. The van der Waals surface area contributed by atoms with Crippen molar-refractivity contribution in [2.24, 2.45) is 23.2 Å². The second kappa shape index (κ2) is 6.55. The van der Waals surface area contributed by atoms with Crippen LogP contribution in [0.25, 0.3) is 0 Å². The Labute approximate surface area is 197 Å². The number of ether oxygens (including phenoxy) is 1. The molecule has 4 aliphatic rings. The van der Waals surface area contributed by atoms with Crippen LogP contribution >= 0.6 is 69.6 Å². The van der Waals surface area contributed by atoms with Crippen molar-refractivity contribution in [1.82, 2.24) is 4.90 Å². The SMILES string of the molecule is CC(=O)OCCN1C(=O)[C@@H]2C[C@@H]3[C@H](C[C@]2(C)C1=O)[C@@]1(Cl)C(Cl)=C(Cl)[C@@]3(Cl)C1(Cl)Cl. The van der Waals surface area contributed by atoms with Crippen LogP contribution in [0.1, 0.15) is 26.7 Å². The van der Waals surface area contributed by atoms with Crippen LogP contribution in [-0.4, -0.2) is 49.9 Å². The van der Waals surface area contributed by atoms with Gasteiger partial charge in [0.25, 0.3) is 0 Å². The number of imide groups is 1. The van der Waals surface area contributed by atoms with Gasteiger partial charge in [0.1, 0.15) is 16.4 Å². The molecule has 0 aromatic carbocycles. The predicted octanol–water partition coefficient (Wildman–Crippen LogP) is 4.41. The lowest BCUT2D eigenvalue weighted by atomic mass is 9.58.